The van der Waals surface area contributed by atoms with Crippen molar-refractivity contribution in [2.45, 2.75) is 39.9 Å². The number of carbonyl (C=O) groups excluding carboxylic acids is 1. The number of hydrogen-bond donors (Lipinski definition) is 1. The Kier molecular flexibility index (Phi) is 3.75. The van der Waals surface area contributed by atoms with E-state index in [4.69, 9.17) is 10.5 Å². The van der Waals surface area contributed by atoms with Crippen LogP contribution in [0, 0.1) is 13.8 Å². The molecule has 1 aromatic heterocycles. The molecule has 2 heterocycles. The summed E-state index contributed by atoms with van der Waals surface area (Å²) >= 11 is 0. The summed E-state index contributed by atoms with van der Waals surface area (Å²) in [7, 11) is 0. The summed E-state index contributed by atoms with van der Waals surface area (Å²) in [6.07, 6.45) is 0.235. The van der Waals surface area contributed by atoms with Gasteiger partial charge in [0.05, 0.1) is 17.8 Å². The molecule has 1 fully saturated rings. The number of nitrogens with two attached hydrogens (primary N) is 1. The van der Waals surface area contributed by atoms with Gasteiger partial charge in [0.15, 0.2) is 0 Å². The molecule has 1 aliphatic heterocycles. The highest BCUT2D eigenvalue weighted by Crippen LogP contribution is 2.25. The summed E-state index contributed by atoms with van der Waals surface area (Å²) in [4.78, 5) is 18.3. The molecule has 0 unspecified atom stereocenters. The first-order chi connectivity index (χ1) is 8.88. The topological polar surface area (TPSA) is 68.5 Å². The maximum atomic E-state index is 11.7. The van der Waals surface area contributed by atoms with Crippen LogP contribution in [0.2, 0.25) is 0 Å². The van der Waals surface area contributed by atoms with Gasteiger partial charge >= 0.3 is 0 Å². The molecule has 0 saturated carbocycles. The lowest BCUT2D eigenvalue weighted by Crippen LogP contribution is -2.46. The summed E-state index contributed by atoms with van der Waals surface area (Å²) in [5.41, 5.74) is 7.79. The number of nitrogens with zero attached hydrogens (tertiary/aromatic N) is 2. The van der Waals surface area contributed by atoms with Crippen molar-refractivity contribution in [2.75, 3.05) is 18.0 Å². The van der Waals surface area contributed by atoms with Crippen LogP contribution in [0.4, 0.5) is 5.82 Å². The van der Waals surface area contributed by atoms with E-state index >= 15 is 0 Å². The summed E-state index contributed by atoms with van der Waals surface area (Å²) in [6.45, 7) is 9.31. The van der Waals surface area contributed by atoms with Crippen molar-refractivity contribution >= 4 is 11.7 Å². The molecule has 1 saturated heterocycles. The van der Waals surface area contributed by atoms with Crippen molar-refractivity contribution < 1.29 is 9.53 Å². The Balaban J connectivity index is 2.45. The molecule has 2 rings (SSSR count). The van der Waals surface area contributed by atoms with Gasteiger partial charge in [-0.25, -0.2) is 4.98 Å². The summed E-state index contributed by atoms with van der Waals surface area (Å²) in [6, 6.07) is 1.89. The summed E-state index contributed by atoms with van der Waals surface area (Å²) in [5.74, 6) is 0.263. The van der Waals surface area contributed by atoms with E-state index in [0.717, 1.165) is 24.3 Å². The van der Waals surface area contributed by atoms with Gasteiger partial charge in [0.2, 0.25) is 0 Å². The van der Waals surface area contributed by atoms with E-state index in [2.05, 4.69) is 9.88 Å². The molecule has 0 radical (unpaired) electrons. The molecule has 0 bridgehead atoms. The Morgan fingerprint density at radius 3 is 2.47 bits per heavy atom. The highest BCUT2D eigenvalue weighted by atomic mass is 16.5. The monoisotopic (exact) mass is 263 g/mol. The molecular formula is C14H21N3O2. The third-order valence-electron chi connectivity index (χ3n) is 3.29. The van der Waals surface area contributed by atoms with E-state index in [0.29, 0.717) is 11.4 Å². The Bertz CT molecular complexity index is 492. The fourth-order valence-electron chi connectivity index (χ4n) is 2.70. The number of amides is 1. The van der Waals surface area contributed by atoms with Crippen molar-refractivity contribution in [3.63, 3.8) is 0 Å². The van der Waals surface area contributed by atoms with Gasteiger partial charge in [-0.3, -0.25) is 4.79 Å². The minimum atomic E-state index is -0.424. The molecule has 1 aromatic rings. The van der Waals surface area contributed by atoms with E-state index in [1.807, 2.05) is 33.8 Å². The highest BCUT2D eigenvalue weighted by molar-refractivity contribution is 5.99. The van der Waals surface area contributed by atoms with E-state index in [-0.39, 0.29) is 12.2 Å². The van der Waals surface area contributed by atoms with Crippen LogP contribution in [-0.4, -0.2) is 36.2 Å². The zero-order valence-electron chi connectivity index (χ0n) is 11.9. The second-order valence-electron chi connectivity index (χ2n) is 5.31. The molecule has 0 aromatic carbocycles. The standard InChI is InChI=1S/C14H21N3O2/c1-8-5-9(2)16-14(12(8)13(15)18)17-6-10(3)19-11(4)7-17/h5,10-11H,6-7H2,1-4H3,(H2,15,18)/t10-,11-/m0/s1. The molecule has 19 heavy (non-hydrogen) atoms. The highest BCUT2D eigenvalue weighted by Gasteiger charge is 2.27. The van der Waals surface area contributed by atoms with Gasteiger partial charge in [-0.15, -0.1) is 0 Å². The third-order valence-corrected chi connectivity index (χ3v) is 3.29. The lowest BCUT2D eigenvalue weighted by molar-refractivity contribution is -0.00552. The van der Waals surface area contributed by atoms with Crippen molar-refractivity contribution in [2.24, 2.45) is 5.73 Å². The van der Waals surface area contributed by atoms with Crippen molar-refractivity contribution in [3.8, 4) is 0 Å². The molecular weight excluding hydrogens is 242 g/mol. The SMILES string of the molecule is Cc1cc(C)c(C(N)=O)c(N2C[C@H](C)O[C@@H](C)C2)n1. The van der Waals surface area contributed by atoms with E-state index in [1.54, 1.807) is 0 Å². The maximum Gasteiger partial charge on any atom is 0.252 e. The van der Waals surface area contributed by atoms with Crippen LogP contribution in [0.3, 0.4) is 0 Å². The number of anilines is 1. The molecule has 1 aliphatic rings. The van der Waals surface area contributed by atoms with E-state index in [9.17, 15) is 4.79 Å². The Labute approximate surface area is 113 Å². The fourth-order valence-corrected chi connectivity index (χ4v) is 2.70. The van der Waals surface area contributed by atoms with Gasteiger partial charge in [0.25, 0.3) is 5.91 Å². The number of primary amides is 1. The van der Waals surface area contributed by atoms with E-state index in [1.165, 1.54) is 0 Å². The molecule has 2 atom stereocenters. The maximum absolute atomic E-state index is 11.7. The van der Waals surface area contributed by atoms with Crippen LogP contribution < -0.4 is 10.6 Å². The van der Waals surface area contributed by atoms with Crippen LogP contribution in [0.5, 0.6) is 0 Å². The van der Waals surface area contributed by atoms with Gasteiger partial charge in [-0.1, -0.05) is 0 Å². The van der Waals surface area contributed by atoms with Gasteiger partial charge in [-0.05, 0) is 39.3 Å². The third kappa shape index (κ3) is 2.87. The van der Waals surface area contributed by atoms with Gasteiger partial charge in [-0.2, -0.15) is 0 Å². The van der Waals surface area contributed by atoms with Gasteiger partial charge < -0.3 is 15.4 Å². The Morgan fingerprint density at radius 2 is 1.95 bits per heavy atom. The largest absolute Gasteiger partial charge is 0.372 e. The zero-order chi connectivity index (χ0) is 14.2. The Morgan fingerprint density at radius 1 is 1.37 bits per heavy atom. The van der Waals surface area contributed by atoms with Gasteiger partial charge in [0.1, 0.15) is 5.82 Å². The molecule has 2 N–H and O–H groups in total. The normalized spacial score (nSPS) is 23.5. The lowest BCUT2D eigenvalue weighted by atomic mass is 10.1. The number of carbonyl (C=O) groups is 1. The Hall–Kier alpha value is -1.62. The number of rotatable bonds is 2. The first kappa shape index (κ1) is 13.8. The average Bonchev–Trinajstić information content (AvgIpc) is 2.25. The van der Waals surface area contributed by atoms with Crippen LogP contribution >= 0.6 is 0 Å². The molecule has 0 spiro atoms. The number of pyridine rings is 1. The number of ether oxygens (including phenoxy) is 1. The molecule has 1 amide bonds. The van der Waals surface area contributed by atoms with Gasteiger partial charge in [0, 0.05) is 18.8 Å². The second-order valence-corrected chi connectivity index (χ2v) is 5.31. The van der Waals surface area contributed by atoms with Crippen molar-refractivity contribution in [3.05, 3.63) is 22.9 Å². The summed E-state index contributed by atoms with van der Waals surface area (Å²) in [5, 5.41) is 0. The molecule has 5 nitrogen and oxygen atoms in total. The van der Waals surface area contributed by atoms with Crippen molar-refractivity contribution in [1.29, 1.82) is 0 Å². The average molecular weight is 263 g/mol. The van der Waals surface area contributed by atoms with Crippen LogP contribution in [0.25, 0.3) is 0 Å². The molecule has 0 aliphatic carbocycles. The number of aryl methyl sites for hydroxylation is 2. The quantitative estimate of drug-likeness (QED) is 0.876. The molecule has 5 heteroatoms. The van der Waals surface area contributed by atoms with Crippen LogP contribution in [-0.2, 0) is 4.74 Å². The smallest absolute Gasteiger partial charge is 0.252 e. The van der Waals surface area contributed by atoms with Crippen LogP contribution in [0.15, 0.2) is 6.07 Å². The number of hydrogen-bond acceptors (Lipinski definition) is 4. The van der Waals surface area contributed by atoms with Crippen molar-refractivity contribution in [1.82, 2.24) is 4.98 Å². The summed E-state index contributed by atoms with van der Waals surface area (Å²) < 4.78 is 5.71. The lowest BCUT2D eigenvalue weighted by Gasteiger charge is -2.37. The predicted molar refractivity (Wildman–Crippen MR) is 74.5 cm³/mol. The predicted octanol–water partition coefficient (Wildman–Crippen LogP) is 1.41. The minimum Gasteiger partial charge on any atom is -0.372 e. The first-order valence-electron chi connectivity index (χ1n) is 6.57. The van der Waals surface area contributed by atoms with Crippen LogP contribution in [0.1, 0.15) is 35.5 Å². The fraction of sp³-hybridized carbons (Fsp3) is 0.571. The zero-order valence-corrected chi connectivity index (χ0v) is 11.9. The molecule has 104 valence electrons. The second kappa shape index (κ2) is 5.17. The first-order valence-corrected chi connectivity index (χ1v) is 6.57. The van der Waals surface area contributed by atoms with E-state index < -0.39 is 5.91 Å². The number of morpholine rings is 1. The number of aromatic nitrogens is 1. The minimum absolute atomic E-state index is 0.118.